The van der Waals surface area contributed by atoms with Crippen LogP contribution in [0.5, 0.6) is 0 Å². The van der Waals surface area contributed by atoms with Gasteiger partial charge in [-0.3, -0.25) is 0 Å². The SMILES string of the molecule is C=C(C)C(=O)OC(=O)C(=C)C.OCCOCCO. The maximum Gasteiger partial charge on any atom is 0.340 e. The average molecular weight is 260 g/mol. The van der Waals surface area contributed by atoms with Crippen molar-refractivity contribution >= 4 is 11.9 Å². The summed E-state index contributed by atoms with van der Waals surface area (Å²) in [4.78, 5) is 21.3. The van der Waals surface area contributed by atoms with Gasteiger partial charge in [-0.1, -0.05) is 13.2 Å². The lowest BCUT2D eigenvalue weighted by molar-refractivity contribution is -0.153. The maximum atomic E-state index is 10.7. The van der Waals surface area contributed by atoms with E-state index in [1.165, 1.54) is 13.8 Å². The van der Waals surface area contributed by atoms with E-state index in [-0.39, 0.29) is 24.4 Å². The molecule has 18 heavy (non-hydrogen) atoms. The normalized spacial score (nSPS) is 8.89. The Labute approximate surface area is 107 Å². The molecule has 0 aromatic rings. The smallest absolute Gasteiger partial charge is 0.340 e. The third kappa shape index (κ3) is 12.6. The first-order chi connectivity index (χ1) is 8.36. The largest absolute Gasteiger partial charge is 0.394 e. The molecule has 0 heterocycles. The van der Waals surface area contributed by atoms with Crippen LogP contribution in [0.1, 0.15) is 13.8 Å². The summed E-state index contributed by atoms with van der Waals surface area (Å²) in [5.74, 6) is -1.42. The molecule has 0 aromatic heterocycles. The van der Waals surface area contributed by atoms with Crippen molar-refractivity contribution in [1.29, 1.82) is 0 Å². The molecule has 0 amide bonds. The molecule has 0 saturated carbocycles. The quantitative estimate of drug-likeness (QED) is 0.306. The molecule has 2 N–H and O–H groups in total. The molecule has 0 aliphatic heterocycles. The first kappa shape index (κ1) is 18.9. The van der Waals surface area contributed by atoms with Gasteiger partial charge in [0.05, 0.1) is 26.4 Å². The number of esters is 2. The van der Waals surface area contributed by atoms with E-state index in [0.29, 0.717) is 13.2 Å². The van der Waals surface area contributed by atoms with Crippen LogP contribution in [0.2, 0.25) is 0 Å². The molecule has 6 heteroatoms. The van der Waals surface area contributed by atoms with Gasteiger partial charge >= 0.3 is 11.9 Å². The molecule has 6 nitrogen and oxygen atoms in total. The fourth-order valence-electron chi connectivity index (χ4n) is 0.490. The topological polar surface area (TPSA) is 93.1 Å². The van der Waals surface area contributed by atoms with Gasteiger partial charge in [-0.05, 0) is 13.8 Å². The highest BCUT2D eigenvalue weighted by molar-refractivity contribution is 6.00. The van der Waals surface area contributed by atoms with E-state index in [1.54, 1.807) is 0 Å². The van der Waals surface area contributed by atoms with Crippen molar-refractivity contribution in [3.05, 3.63) is 24.3 Å². The zero-order chi connectivity index (χ0) is 14.6. The van der Waals surface area contributed by atoms with Gasteiger partial charge in [-0.25, -0.2) is 9.59 Å². The van der Waals surface area contributed by atoms with E-state index in [1.807, 2.05) is 0 Å². The zero-order valence-corrected chi connectivity index (χ0v) is 10.8. The van der Waals surface area contributed by atoms with E-state index in [2.05, 4.69) is 22.6 Å². The van der Waals surface area contributed by atoms with E-state index < -0.39 is 11.9 Å². The molecule has 0 bridgehead atoms. The van der Waals surface area contributed by atoms with Crippen LogP contribution < -0.4 is 0 Å². The average Bonchev–Trinajstić information content (AvgIpc) is 2.30. The Hall–Kier alpha value is -1.50. The number of aliphatic hydroxyl groups excluding tert-OH is 2. The van der Waals surface area contributed by atoms with Crippen LogP contribution in [0.4, 0.5) is 0 Å². The highest BCUT2D eigenvalue weighted by Gasteiger charge is 2.10. The summed E-state index contributed by atoms with van der Waals surface area (Å²) in [5, 5.41) is 16.2. The molecular weight excluding hydrogens is 240 g/mol. The van der Waals surface area contributed by atoms with Crippen molar-refractivity contribution in [2.75, 3.05) is 26.4 Å². The van der Waals surface area contributed by atoms with Crippen molar-refractivity contribution < 1.29 is 29.3 Å². The summed E-state index contributed by atoms with van der Waals surface area (Å²) in [6, 6.07) is 0. The minimum Gasteiger partial charge on any atom is -0.394 e. The van der Waals surface area contributed by atoms with Crippen LogP contribution in [-0.4, -0.2) is 48.6 Å². The first-order valence-corrected chi connectivity index (χ1v) is 5.23. The molecule has 0 aliphatic rings. The second-order valence-electron chi connectivity index (χ2n) is 3.30. The van der Waals surface area contributed by atoms with Crippen molar-refractivity contribution in [3.63, 3.8) is 0 Å². The van der Waals surface area contributed by atoms with E-state index in [9.17, 15) is 9.59 Å². The summed E-state index contributed by atoms with van der Waals surface area (Å²) in [6.07, 6.45) is 0. The second-order valence-corrected chi connectivity index (χ2v) is 3.30. The van der Waals surface area contributed by atoms with E-state index >= 15 is 0 Å². The van der Waals surface area contributed by atoms with Gasteiger partial charge in [0.25, 0.3) is 0 Å². The number of carbonyl (C=O) groups excluding carboxylic acids is 2. The molecule has 0 aliphatic carbocycles. The summed E-state index contributed by atoms with van der Waals surface area (Å²) in [6.45, 7) is 10.3. The van der Waals surface area contributed by atoms with Crippen LogP contribution in [0.3, 0.4) is 0 Å². The zero-order valence-electron chi connectivity index (χ0n) is 10.8. The number of carbonyl (C=O) groups is 2. The highest BCUT2D eigenvalue weighted by Crippen LogP contribution is 1.97. The van der Waals surface area contributed by atoms with E-state index in [0.717, 1.165) is 0 Å². The molecule has 0 fully saturated rings. The molecule has 0 spiro atoms. The fraction of sp³-hybridized carbons (Fsp3) is 0.500. The Morgan fingerprint density at radius 2 is 1.28 bits per heavy atom. The lowest BCUT2D eigenvalue weighted by Gasteiger charge is -1.99. The fourth-order valence-corrected chi connectivity index (χ4v) is 0.490. The molecule has 0 unspecified atom stereocenters. The van der Waals surface area contributed by atoms with Crippen LogP contribution in [-0.2, 0) is 19.1 Å². The summed E-state index contributed by atoms with van der Waals surface area (Å²) in [5.41, 5.74) is 0.388. The van der Waals surface area contributed by atoms with Gasteiger partial charge in [0.15, 0.2) is 0 Å². The third-order valence-corrected chi connectivity index (χ3v) is 1.35. The monoisotopic (exact) mass is 260 g/mol. The number of aliphatic hydroxyl groups is 2. The van der Waals surface area contributed by atoms with Gasteiger partial charge < -0.3 is 19.7 Å². The predicted octanol–water partition coefficient (Wildman–Crippen LogP) is 0.196. The number of rotatable bonds is 6. The van der Waals surface area contributed by atoms with Gasteiger partial charge in [0, 0.05) is 11.1 Å². The van der Waals surface area contributed by atoms with Gasteiger partial charge in [-0.15, -0.1) is 0 Å². The van der Waals surface area contributed by atoms with Crippen LogP contribution in [0, 0.1) is 0 Å². The van der Waals surface area contributed by atoms with Gasteiger partial charge in [-0.2, -0.15) is 0 Å². The Bertz CT molecular complexity index is 267. The molecule has 0 radical (unpaired) electrons. The predicted molar refractivity (Wildman–Crippen MR) is 65.7 cm³/mol. The van der Waals surface area contributed by atoms with Crippen molar-refractivity contribution in [2.24, 2.45) is 0 Å². The molecule has 104 valence electrons. The van der Waals surface area contributed by atoms with Crippen molar-refractivity contribution in [1.82, 2.24) is 0 Å². The summed E-state index contributed by atoms with van der Waals surface area (Å²) in [7, 11) is 0. The van der Waals surface area contributed by atoms with Crippen LogP contribution >= 0.6 is 0 Å². The number of hydrogen-bond acceptors (Lipinski definition) is 6. The van der Waals surface area contributed by atoms with Gasteiger partial charge in [0.2, 0.25) is 0 Å². The molecule has 0 atom stereocenters. The Balaban J connectivity index is 0. The minimum atomic E-state index is -0.710. The van der Waals surface area contributed by atoms with Crippen molar-refractivity contribution in [2.45, 2.75) is 13.8 Å². The Kier molecular flexibility index (Phi) is 12.5. The lowest BCUT2D eigenvalue weighted by Crippen LogP contribution is -2.12. The molecular formula is C12H20O6. The van der Waals surface area contributed by atoms with Crippen LogP contribution in [0.25, 0.3) is 0 Å². The van der Waals surface area contributed by atoms with Gasteiger partial charge in [0.1, 0.15) is 0 Å². The number of ether oxygens (including phenoxy) is 2. The van der Waals surface area contributed by atoms with E-state index in [4.69, 9.17) is 10.2 Å². The maximum absolute atomic E-state index is 10.7. The second kappa shape index (κ2) is 12.0. The third-order valence-electron chi connectivity index (χ3n) is 1.35. The Morgan fingerprint density at radius 3 is 1.50 bits per heavy atom. The summed E-state index contributed by atoms with van der Waals surface area (Å²) < 4.78 is 8.93. The molecule has 0 rings (SSSR count). The number of hydrogen-bond donors (Lipinski definition) is 2. The van der Waals surface area contributed by atoms with Crippen molar-refractivity contribution in [3.8, 4) is 0 Å². The van der Waals surface area contributed by atoms with Crippen LogP contribution in [0.15, 0.2) is 24.3 Å². The minimum absolute atomic E-state index is 0.0278. The summed E-state index contributed by atoms with van der Waals surface area (Å²) >= 11 is 0. The highest BCUT2D eigenvalue weighted by atomic mass is 16.6. The lowest BCUT2D eigenvalue weighted by atomic mass is 10.3. The first-order valence-electron chi connectivity index (χ1n) is 5.23. The Morgan fingerprint density at radius 1 is 0.944 bits per heavy atom. The molecule has 0 aromatic carbocycles. The standard InChI is InChI=1S/C8H10O3.C4H10O3/c1-5(2)7(9)11-8(10)6(3)4;5-1-3-7-4-2-6/h1,3H2,2,4H3;5-6H,1-4H2. The molecule has 0 saturated heterocycles.